The molecule has 0 bridgehead atoms. The van der Waals surface area contributed by atoms with Crippen LogP contribution < -0.4 is 10.2 Å². The first-order valence-electron chi connectivity index (χ1n) is 7.36. The highest BCUT2D eigenvalue weighted by Gasteiger charge is 2.31. The molecule has 0 aromatic heterocycles. The highest BCUT2D eigenvalue weighted by Crippen LogP contribution is 2.38. The maximum atomic E-state index is 12.8. The smallest absolute Gasteiger partial charge is 0.308 e. The zero-order valence-electron chi connectivity index (χ0n) is 12.8. The van der Waals surface area contributed by atoms with E-state index in [2.05, 4.69) is 5.32 Å². The van der Waals surface area contributed by atoms with Crippen molar-refractivity contribution in [3.63, 3.8) is 0 Å². The van der Waals surface area contributed by atoms with E-state index in [0.29, 0.717) is 6.54 Å². The van der Waals surface area contributed by atoms with Crippen LogP contribution in [0.3, 0.4) is 0 Å². The van der Waals surface area contributed by atoms with Gasteiger partial charge in [-0.3, -0.25) is 4.90 Å². The summed E-state index contributed by atoms with van der Waals surface area (Å²) >= 11 is 1.67. The summed E-state index contributed by atoms with van der Waals surface area (Å²) in [7, 11) is 0. The Labute approximate surface area is 141 Å². The van der Waals surface area contributed by atoms with Crippen molar-refractivity contribution in [2.45, 2.75) is 23.2 Å². The predicted molar refractivity (Wildman–Crippen MR) is 89.6 cm³/mol. The summed E-state index contributed by atoms with van der Waals surface area (Å²) < 4.78 is 38.3. The number of fused-ring (bicyclic) bond motifs is 1. The van der Waals surface area contributed by atoms with Crippen LogP contribution in [0.25, 0.3) is 0 Å². The van der Waals surface area contributed by atoms with E-state index in [4.69, 9.17) is 0 Å². The Bertz CT molecular complexity index is 763. The van der Waals surface area contributed by atoms with Crippen molar-refractivity contribution in [3.05, 3.63) is 54.1 Å². The quantitative estimate of drug-likeness (QED) is 0.761. The van der Waals surface area contributed by atoms with E-state index in [0.717, 1.165) is 22.7 Å². The largest absolute Gasteiger partial charge is 0.416 e. The van der Waals surface area contributed by atoms with E-state index in [1.807, 2.05) is 31.2 Å². The van der Waals surface area contributed by atoms with E-state index in [-0.39, 0.29) is 10.9 Å². The Morgan fingerprint density at radius 1 is 1.21 bits per heavy atom. The third-order valence-electron chi connectivity index (χ3n) is 3.61. The summed E-state index contributed by atoms with van der Waals surface area (Å²) in [5.74, 6) is 0. The molecule has 2 amide bonds. The van der Waals surface area contributed by atoms with Crippen LogP contribution in [0, 0.1) is 0 Å². The summed E-state index contributed by atoms with van der Waals surface area (Å²) in [5.41, 5.74) is 0.103. The van der Waals surface area contributed by atoms with Gasteiger partial charge in [-0.1, -0.05) is 25.1 Å². The van der Waals surface area contributed by atoms with Crippen molar-refractivity contribution in [2.75, 3.05) is 16.8 Å². The van der Waals surface area contributed by atoms with E-state index < -0.39 is 17.8 Å². The molecule has 0 aliphatic carbocycles. The first kappa shape index (κ1) is 16.7. The molecule has 0 fully saturated rings. The van der Waals surface area contributed by atoms with Crippen LogP contribution in [0.5, 0.6) is 0 Å². The molecule has 0 spiro atoms. The minimum absolute atomic E-state index is 0.123. The number of alkyl halides is 3. The molecule has 1 atom stereocenters. The van der Waals surface area contributed by atoms with Crippen molar-refractivity contribution in [1.82, 2.24) is 0 Å². The molecule has 126 valence electrons. The van der Waals surface area contributed by atoms with Crippen LogP contribution in [0.4, 0.5) is 29.3 Å². The number of rotatable bonds is 1. The summed E-state index contributed by atoms with van der Waals surface area (Å²) in [4.78, 5) is 15.1. The highest BCUT2D eigenvalue weighted by atomic mass is 32.2. The number of anilines is 2. The molecular weight excluding hydrogens is 337 g/mol. The van der Waals surface area contributed by atoms with E-state index in [1.165, 1.54) is 12.1 Å². The van der Waals surface area contributed by atoms with Crippen LogP contribution in [0.1, 0.15) is 12.5 Å². The number of carbonyl (C=O) groups is 1. The van der Waals surface area contributed by atoms with Crippen molar-refractivity contribution in [3.8, 4) is 0 Å². The molecule has 1 unspecified atom stereocenters. The molecule has 1 heterocycles. The van der Waals surface area contributed by atoms with Gasteiger partial charge in [-0.05, 0) is 30.3 Å². The molecule has 2 aromatic rings. The second kappa shape index (κ2) is 6.39. The number of nitrogens with zero attached hydrogens (tertiary/aromatic N) is 1. The lowest BCUT2D eigenvalue weighted by Gasteiger charge is -2.32. The highest BCUT2D eigenvalue weighted by molar-refractivity contribution is 8.00. The van der Waals surface area contributed by atoms with Gasteiger partial charge in [0.15, 0.2) is 0 Å². The second-order valence-electron chi connectivity index (χ2n) is 5.52. The van der Waals surface area contributed by atoms with Crippen molar-refractivity contribution in [1.29, 1.82) is 0 Å². The van der Waals surface area contributed by atoms with Crippen LogP contribution in [0.15, 0.2) is 53.4 Å². The molecule has 0 radical (unpaired) electrons. The number of hydrogen-bond donors (Lipinski definition) is 1. The number of urea groups is 1. The number of benzene rings is 2. The summed E-state index contributed by atoms with van der Waals surface area (Å²) in [6.07, 6.45) is -4.44. The monoisotopic (exact) mass is 352 g/mol. The van der Waals surface area contributed by atoms with Crippen LogP contribution >= 0.6 is 11.8 Å². The topological polar surface area (TPSA) is 32.3 Å². The van der Waals surface area contributed by atoms with Gasteiger partial charge in [0.05, 0.1) is 11.3 Å². The second-order valence-corrected chi connectivity index (χ2v) is 7.00. The van der Waals surface area contributed by atoms with Gasteiger partial charge in [0.1, 0.15) is 0 Å². The minimum Gasteiger partial charge on any atom is -0.308 e. The average molecular weight is 352 g/mol. The number of halogens is 3. The Morgan fingerprint density at radius 2 is 1.96 bits per heavy atom. The Hall–Kier alpha value is -2.15. The molecular formula is C17H15F3N2OS. The molecule has 24 heavy (non-hydrogen) atoms. The first-order valence-corrected chi connectivity index (χ1v) is 8.24. The van der Waals surface area contributed by atoms with Crippen LogP contribution in [-0.2, 0) is 6.18 Å². The molecule has 0 saturated heterocycles. The molecule has 1 aliphatic heterocycles. The molecule has 1 N–H and O–H groups in total. The van der Waals surface area contributed by atoms with Crippen molar-refractivity contribution >= 4 is 29.2 Å². The maximum Gasteiger partial charge on any atom is 0.416 e. The molecule has 1 aliphatic rings. The van der Waals surface area contributed by atoms with Crippen molar-refractivity contribution in [2.24, 2.45) is 0 Å². The molecule has 3 nitrogen and oxygen atoms in total. The average Bonchev–Trinajstić information content (AvgIpc) is 2.53. The van der Waals surface area contributed by atoms with Gasteiger partial charge in [-0.2, -0.15) is 13.2 Å². The van der Waals surface area contributed by atoms with Gasteiger partial charge in [0.2, 0.25) is 0 Å². The maximum absolute atomic E-state index is 12.8. The summed E-state index contributed by atoms with van der Waals surface area (Å²) in [5, 5.41) is 2.76. The van der Waals surface area contributed by atoms with Gasteiger partial charge in [0.25, 0.3) is 0 Å². The normalized spacial score (nSPS) is 17.3. The van der Waals surface area contributed by atoms with E-state index in [9.17, 15) is 18.0 Å². The number of carbonyl (C=O) groups excluding carboxylic acids is 1. The standard InChI is InChI=1S/C17H15F3N2OS/c1-11-10-22(14-7-2-3-8-15(14)24-11)16(23)21-13-6-4-5-12(9-13)17(18,19)20/h2-9,11H,10H2,1H3,(H,21,23). The fourth-order valence-electron chi connectivity index (χ4n) is 2.55. The number of nitrogens with one attached hydrogen (secondary N) is 1. The third kappa shape index (κ3) is 3.51. The lowest BCUT2D eigenvalue weighted by Crippen LogP contribution is -2.41. The third-order valence-corrected chi connectivity index (χ3v) is 4.76. The lowest BCUT2D eigenvalue weighted by atomic mass is 10.2. The van der Waals surface area contributed by atoms with E-state index >= 15 is 0 Å². The Kier molecular flexibility index (Phi) is 4.45. The SMILES string of the molecule is CC1CN(C(=O)Nc2cccc(C(F)(F)F)c2)c2ccccc2S1. The zero-order valence-corrected chi connectivity index (χ0v) is 13.6. The molecule has 0 saturated carbocycles. The summed E-state index contributed by atoms with van der Waals surface area (Å²) in [6, 6.07) is 11.7. The van der Waals surface area contributed by atoms with Gasteiger partial charge >= 0.3 is 12.2 Å². The number of hydrogen-bond acceptors (Lipinski definition) is 2. The van der Waals surface area contributed by atoms with Gasteiger partial charge in [-0.15, -0.1) is 11.8 Å². The molecule has 7 heteroatoms. The predicted octanol–water partition coefficient (Wildman–Crippen LogP) is 5.24. The molecule has 2 aromatic carbocycles. The van der Waals surface area contributed by atoms with Gasteiger partial charge in [-0.25, -0.2) is 4.79 Å². The first-order chi connectivity index (χ1) is 11.3. The van der Waals surface area contributed by atoms with Crippen molar-refractivity contribution < 1.29 is 18.0 Å². The van der Waals surface area contributed by atoms with E-state index in [1.54, 1.807) is 16.7 Å². The van der Waals surface area contributed by atoms with Gasteiger partial charge in [0, 0.05) is 22.4 Å². The Morgan fingerprint density at radius 3 is 2.71 bits per heavy atom. The summed E-state index contributed by atoms with van der Waals surface area (Å²) in [6.45, 7) is 2.50. The van der Waals surface area contributed by atoms with Crippen LogP contribution in [0.2, 0.25) is 0 Å². The number of amides is 2. The Balaban J connectivity index is 1.83. The minimum atomic E-state index is -4.44. The lowest BCUT2D eigenvalue weighted by molar-refractivity contribution is -0.137. The molecule has 3 rings (SSSR count). The fourth-order valence-corrected chi connectivity index (χ4v) is 3.66. The zero-order chi connectivity index (χ0) is 17.3. The number of para-hydroxylation sites is 1. The van der Waals surface area contributed by atoms with Gasteiger partial charge < -0.3 is 5.32 Å². The van der Waals surface area contributed by atoms with Crippen LogP contribution in [-0.4, -0.2) is 17.8 Å². The number of thioether (sulfide) groups is 1. The fraction of sp³-hybridized carbons (Fsp3) is 0.235.